The first kappa shape index (κ1) is 12.8. The quantitative estimate of drug-likeness (QED) is 0.878. The van der Waals surface area contributed by atoms with Crippen molar-refractivity contribution in [1.29, 1.82) is 0 Å². The Morgan fingerprint density at radius 1 is 1.67 bits per heavy atom. The largest absolute Gasteiger partial charge is 0.481 e. The molecule has 1 saturated heterocycles. The molecule has 1 aromatic heterocycles. The average Bonchev–Trinajstić information content (AvgIpc) is 2.87. The second-order valence-electron chi connectivity index (χ2n) is 4.29. The highest BCUT2D eigenvalue weighted by molar-refractivity contribution is 7.15. The first-order valence-corrected chi connectivity index (χ1v) is 6.60. The van der Waals surface area contributed by atoms with Crippen molar-refractivity contribution in [3.8, 4) is 0 Å². The molecule has 0 aliphatic carbocycles. The van der Waals surface area contributed by atoms with Gasteiger partial charge in [0.2, 0.25) is 0 Å². The lowest BCUT2D eigenvalue weighted by Crippen LogP contribution is -2.39. The topological polar surface area (TPSA) is 82.5 Å². The molecule has 1 atom stereocenters. The Balaban J connectivity index is 1.97. The van der Waals surface area contributed by atoms with Crippen LogP contribution in [0.4, 0.5) is 9.93 Å². The molecule has 0 spiro atoms. The zero-order valence-electron chi connectivity index (χ0n) is 10.0. The standard InChI is InChI=1S/C11H15N3O3S/c1-7-6-12-10(18-7)13-11(17)14-4-2-3-8(14)5-9(15)16/h6,8H,2-5H2,1H3,(H,15,16)(H,12,13,17). The number of likely N-dealkylation sites (tertiary alicyclic amines) is 1. The van der Waals surface area contributed by atoms with Gasteiger partial charge in [-0.05, 0) is 19.8 Å². The maximum Gasteiger partial charge on any atom is 0.323 e. The maximum absolute atomic E-state index is 12.0. The Morgan fingerprint density at radius 2 is 2.44 bits per heavy atom. The summed E-state index contributed by atoms with van der Waals surface area (Å²) in [5.41, 5.74) is 0. The highest BCUT2D eigenvalue weighted by atomic mass is 32.1. The van der Waals surface area contributed by atoms with Gasteiger partial charge >= 0.3 is 12.0 Å². The van der Waals surface area contributed by atoms with Crippen LogP contribution < -0.4 is 5.32 Å². The third-order valence-electron chi connectivity index (χ3n) is 2.88. The number of hydrogen-bond acceptors (Lipinski definition) is 4. The second kappa shape index (κ2) is 5.34. The van der Waals surface area contributed by atoms with Crippen molar-refractivity contribution in [3.05, 3.63) is 11.1 Å². The molecule has 0 bridgehead atoms. The summed E-state index contributed by atoms with van der Waals surface area (Å²) in [5.74, 6) is -0.871. The molecule has 1 aliphatic rings. The van der Waals surface area contributed by atoms with Crippen LogP contribution in [0.2, 0.25) is 0 Å². The highest BCUT2D eigenvalue weighted by Crippen LogP contribution is 2.23. The predicted molar refractivity (Wildman–Crippen MR) is 67.9 cm³/mol. The van der Waals surface area contributed by atoms with Gasteiger partial charge in [0.15, 0.2) is 5.13 Å². The third-order valence-corrected chi connectivity index (χ3v) is 3.71. The summed E-state index contributed by atoms with van der Waals surface area (Å²) in [6.45, 7) is 2.52. The molecule has 2 N–H and O–H groups in total. The average molecular weight is 269 g/mol. The lowest BCUT2D eigenvalue weighted by Gasteiger charge is -2.23. The molecule has 1 unspecified atom stereocenters. The van der Waals surface area contributed by atoms with E-state index in [0.717, 1.165) is 17.7 Å². The number of nitrogens with zero attached hydrogens (tertiary/aromatic N) is 2. The molecule has 2 rings (SSSR count). The minimum absolute atomic E-state index is 0.00428. The van der Waals surface area contributed by atoms with Gasteiger partial charge in [-0.2, -0.15) is 0 Å². The molecule has 1 aliphatic heterocycles. The summed E-state index contributed by atoms with van der Waals surface area (Å²) < 4.78 is 0. The number of hydrogen-bond donors (Lipinski definition) is 2. The molecule has 0 aromatic carbocycles. The van der Waals surface area contributed by atoms with E-state index in [4.69, 9.17) is 5.11 Å². The molecule has 2 heterocycles. The Kier molecular flexibility index (Phi) is 3.81. The van der Waals surface area contributed by atoms with E-state index in [1.165, 1.54) is 11.3 Å². The van der Waals surface area contributed by atoms with Gasteiger partial charge in [-0.3, -0.25) is 10.1 Å². The Labute approximate surface area is 109 Å². The van der Waals surface area contributed by atoms with Crippen molar-refractivity contribution in [2.45, 2.75) is 32.2 Å². The van der Waals surface area contributed by atoms with Crippen molar-refractivity contribution in [2.75, 3.05) is 11.9 Å². The Hall–Kier alpha value is -1.63. The zero-order chi connectivity index (χ0) is 13.1. The summed E-state index contributed by atoms with van der Waals surface area (Å²) in [6.07, 6.45) is 3.29. The number of aliphatic carboxylic acids is 1. The van der Waals surface area contributed by atoms with Gasteiger partial charge in [0.1, 0.15) is 0 Å². The fourth-order valence-corrected chi connectivity index (χ4v) is 2.75. The van der Waals surface area contributed by atoms with Crippen LogP contribution >= 0.6 is 11.3 Å². The molecule has 1 aromatic rings. The lowest BCUT2D eigenvalue weighted by atomic mass is 10.1. The van der Waals surface area contributed by atoms with Gasteiger partial charge in [0.05, 0.1) is 6.42 Å². The number of aromatic nitrogens is 1. The van der Waals surface area contributed by atoms with Crippen molar-refractivity contribution in [2.24, 2.45) is 0 Å². The van der Waals surface area contributed by atoms with E-state index in [1.807, 2.05) is 6.92 Å². The van der Waals surface area contributed by atoms with Crippen LogP contribution in [0.1, 0.15) is 24.1 Å². The second-order valence-corrected chi connectivity index (χ2v) is 5.53. The Bertz CT molecular complexity index is 460. The summed E-state index contributed by atoms with van der Waals surface area (Å²) in [7, 11) is 0. The molecular formula is C11H15N3O3S. The minimum atomic E-state index is -0.871. The molecule has 0 saturated carbocycles. The number of carboxylic acids is 1. The number of carbonyl (C=O) groups is 2. The molecule has 0 radical (unpaired) electrons. The van der Waals surface area contributed by atoms with Crippen molar-refractivity contribution in [1.82, 2.24) is 9.88 Å². The smallest absolute Gasteiger partial charge is 0.323 e. The number of carboxylic acid groups (broad SMARTS) is 1. The van der Waals surface area contributed by atoms with Crippen LogP contribution in [-0.2, 0) is 4.79 Å². The van der Waals surface area contributed by atoms with E-state index in [1.54, 1.807) is 11.1 Å². The van der Waals surface area contributed by atoms with Crippen LogP contribution in [0.3, 0.4) is 0 Å². The number of rotatable bonds is 3. The van der Waals surface area contributed by atoms with Crippen molar-refractivity contribution in [3.63, 3.8) is 0 Å². The van der Waals surface area contributed by atoms with Gasteiger partial charge in [-0.25, -0.2) is 9.78 Å². The summed E-state index contributed by atoms with van der Waals surface area (Å²) >= 11 is 1.40. The minimum Gasteiger partial charge on any atom is -0.481 e. The monoisotopic (exact) mass is 269 g/mol. The number of nitrogens with one attached hydrogen (secondary N) is 1. The summed E-state index contributed by atoms with van der Waals surface area (Å²) in [4.78, 5) is 29.4. The normalized spacial score (nSPS) is 18.9. The highest BCUT2D eigenvalue weighted by Gasteiger charge is 2.30. The molecule has 7 heteroatoms. The van der Waals surface area contributed by atoms with Crippen LogP contribution in [0.25, 0.3) is 0 Å². The van der Waals surface area contributed by atoms with Crippen molar-refractivity contribution >= 4 is 28.5 Å². The first-order valence-electron chi connectivity index (χ1n) is 5.78. The van der Waals surface area contributed by atoms with E-state index in [0.29, 0.717) is 11.7 Å². The number of amides is 2. The summed E-state index contributed by atoms with van der Waals surface area (Å²) in [5, 5.41) is 12.1. The molecule has 2 amide bonds. The maximum atomic E-state index is 12.0. The number of anilines is 1. The van der Waals surface area contributed by atoms with Gasteiger partial charge in [0.25, 0.3) is 0 Å². The fraction of sp³-hybridized carbons (Fsp3) is 0.545. The number of aryl methyl sites for hydroxylation is 1. The van der Waals surface area contributed by atoms with Crippen LogP contribution in [0.5, 0.6) is 0 Å². The Morgan fingerprint density at radius 3 is 3.06 bits per heavy atom. The molecule has 6 nitrogen and oxygen atoms in total. The van der Waals surface area contributed by atoms with Gasteiger partial charge in [-0.1, -0.05) is 0 Å². The van der Waals surface area contributed by atoms with E-state index in [-0.39, 0.29) is 18.5 Å². The third kappa shape index (κ3) is 2.98. The number of urea groups is 1. The molecular weight excluding hydrogens is 254 g/mol. The van der Waals surface area contributed by atoms with Crippen LogP contribution in [0, 0.1) is 6.92 Å². The van der Waals surface area contributed by atoms with Gasteiger partial charge in [-0.15, -0.1) is 11.3 Å². The number of carbonyl (C=O) groups excluding carboxylic acids is 1. The van der Waals surface area contributed by atoms with Crippen molar-refractivity contribution < 1.29 is 14.7 Å². The molecule has 1 fully saturated rings. The van der Waals surface area contributed by atoms with E-state index >= 15 is 0 Å². The molecule has 18 heavy (non-hydrogen) atoms. The summed E-state index contributed by atoms with van der Waals surface area (Å²) in [6, 6.07) is -0.461. The molecule has 98 valence electrons. The zero-order valence-corrected chi connectivity index (χ0v) is 10.9. The van der Waals surface area contributed by atoms with Gasteiger partial charge in [0, 0.05) is 23.7 Å². The van der Waals surface area contributed by atoms with Crippen LogP contribution in [-0.4, -0.2) is 39.6 Å². The fourth-order valence-electron chi connectivity index (χ4n) is 2.09. The van der Waals surface area contributed by atoms with Crippen LogP contribution in [0.15, 0.2) is 6.20 Å². The first-order chi connectivity index (χ1) is 8.56. The van der Waals surface area contributed by atoms with E-state index < -0.39 is 5.97 Å². The van der Waals surface area contributed by atoms with E-state index in [2.05, 4.69) is 10.3 Å². The lowest BCUT2D eigenvalue weighted by molar-refractivity contribution is -0.137. The van der Waals surface area contributed by atoms with Gasteiger partial charge < -0.3 is 10.0 Å². The van der Waals surface area contributed by atoms with E-state index in [9.17, 15) is 9.59 Å². The SMILES string of the molecule is Cc1cnc(NC(=O)N2CCCC2CC(=O)O)s1. The number of thiazole rings is 1. The predicted octanol–water partition coefficient (Wildman–Crippen LogP) is 1.92.